The number of rotatable bonds is 5. The van der Waals surface area contributed by atoms with Gasteiger partial charge < -0.3 is 15.4 Å². The topological polar surface area (TPSA) is 67.4 Å². The Morgan fingerprint density at radius 2 is 1.64 bits per heavy atom. The van der Waals surface area contributed by atoms with Crippen molar-refractivity contribution in [2.45, 2.75) is 6.42 Å². The number of para-hydroxylation sites is 1. The second kappa shape index (κ2) is 7.47. The number of benzene rings is 2. The summed E-state index contributed by atoms with van der Waals surface area (Å²) in [5, 5.41) is 5.64. The lowest BCUT2D eigenvalue weighted by Gasteiger charge is -2.08. The monoisotopic (exact) mass is 318 g/mol. The first-order valence-corrected chi connectivity index (χ1v) is 6.94. The Morgan fingerprint density at radius 1 is 1.00 bits per heavy atom. The van der Waals surface area contributed by atoms with Crippen LogP contribution < -0.4 is 15.4 Å². The summed E-state index contributed by atoms with van der Waals surface area (Å²) in [7, 11) is 1.51. The summed E-state index contributed by atoms with van der Waals surface area (Å²) in [6.45, 7) is 0. The highest BCUT2D eigenvalue weighted by Crippen LogP contribution is 2.27. The maximum atomic E-state index is 11.8. The second-order valence-electron chi connectivity index (χ2n) is 4.49. The van der Waals surface area contributed by atoms with Crippen LogP contribution in [0.4, 0.5) is 11.4 Å². The van der Waals surface area contributed by atoms with Crippen LogP contribution in [0.5, 0.6) is 5.75 Å². The molecule has 2 N–H and O–H groups in total. The lowest BCUT2D eigenvalue weighted by molar-refractivity contribution is -0.123. The van der Waals surface area contributed by atoms with Crippen LogP contribution in [0.3, 0.4) is 0 Å². The average Bonchev–Trinajstić information content (AvgIpc) is 2.48. The van der Waals surface area contributed by atoms with Gasteiger partial charge in [0.2, 0.25) is 11.8 Å². The molecule has 0 unspecified atom stereocenters. The van der Waals surface area contributed by atoms with E-state index in [1.165, 1.54) is 7.11 Å². The molecule has 2 aromatic rings. The van der Waals surface area contributed by atoms with Crippen LogP contribution in [0.2, 0.25) is 5.02 Å². The molecule has 0 atom stereocenters. The van der Waals surface area contributed by atoms with Gasteiger partial charge in [0.05, 0.1) is 12.1 Å². The van der Waals surface area contributed by atoms with E-state index in [2.05, 4.69) is 10.6 Å². The van der Waals surface area contributed by atoms with E-state index in [9.17, 15) is 9.59 Å². The van der Waals surface area contributed by atoms with Crippen molar-refractivity contribution < 1.29 is 14.3 Å². The number of carbonyl (C=O) groups is 2. The van der Waals surface area contributed by atoms with Gasteiger partial charge in [0.15, 0.2) is 0 Å². The fraction of sp³-hybridized carbons (Fsp3) is 0.125. The smallest absolute Gasteiger partial charge is 0.233 e. The molecular weight excluding hydrogens is 304 g/mol. The Bertz CT molecular complexity index is 674. The average molecular weight is 319 g/mol. The van der Waals surface area contributed by atoms with Gasteiger partial charge in [0, 0.05) is 11.4 Å². The Kier molecular flexibility index (Phi) is 5.38. The molecule has 0 bridgehead atoms. The first-order chi connectivity index (χ1) is 10.6. The third kappa shape index (κ3) is 4.49. The van der Waals surface area contributed by atoms with Crippen LogP contribution in [0.15, 0.2) is 48.5 Å². The van der Waals surface area contributed by atoms with Crippen molar-refractivity contribution in [3.63, 3.8) is 0 Å². The van der Waals surface area contributed by atoms with Gasteiger partial charge in [-0.1, -0.05) is 29.8 Å². The minimum Gasteiger partial charge on any atom is -0.495 e. The van der Waals surface area contributed by atoms with Gasteiger partial charge >= 0.3 is 0 Å². The highest BCUT2D eigenvalue weighted by Gasteiger charge is 2.11. The number of anilines is 2. The predicted octanol–water partition coefficient (Wildman–Crippen LogP) is 3.32. The molecule has 114 valence electrons. The minimum absolute atomic E-state index is 0.279. The van der Waals surface area contributed by atoms with E-state index in [1.54, 1.807) is 42.5 Å². The molecule has 0 aliphatic carbocycles. The van der Waals surface area contributed by atoms with Crippen molar-refractivity contribution in [1.29, 1.82) is 0 Å². The summed E-state index contributed by atoms with van der Waals surface area (Å²) < 4.78 is 5.03. The highest BCUT2D eigenvalue weighted by molar-refractivity contribution is 6.32. The highest BCUT2D eigenvalue weighted by atomic mass is 35.5. The summed E-state index contributed by atoms with van der Waals surface area (Å²) in [6, 6.07) is 13.8. The molecule has 2 amide bonds. The third-order valence-corrected chi connectivity index (χ3v) is 3.11. The summed E-state index contributed by atoms with van der Waals surface area (Å²) in [5.41, 5.74) is 1.15. The summed E-state index contributed by atoms with van der Waals surface area (Å²) in [6.07, 6.45) is -0.279. The number of hydrogen-bond donors (Lipinski definition) is 2. The quantitative estimate of drug-likeness (QED) is 0.831. The van der Waals surface area contributed by atoms with Crippen molar-refractivity contribution in [3.8, 4) is 5.75 Å². The first-order valence-electron chi connectivity index (χ1n) is 6.57. The van der Waals surface area contributed by atoms with E-state index in [4.69, 9.17) is 16.3 Å². The summed E-state index contributed by atoms with van der Waals surface area (Å²) >= 11 is 5.97. The SMILES string of the molecule is COc1ccc(NC(=O)CC(=O)Nc2ccccc2)cc1Cl. The van der Waals surface area contributed by atoms with Gasteiger partial charge in [0.1, 0.15) is 12.2 Å². The van der Waals surface area contributed by atoms with Crippen LogP contribution in [-0.2, 0) is 9.59 Å². The zero-order valence-corrected chi connectivity index (χ0v) is 12.7. The molecule has 6 heteroatoms. The molecule has 5 nitrogen and oxygen atoms in total. The maximum absolute atomic E-state index is 11.8. The lowest BCUT2D eigenvalue weighted by atomic mass is 10.2. The molecule has 2 aromatic carbocycles. The fourth-order valence-corrected chi connectivity index (χ4v) is 2.08. The summed E-state index contributed by atoms with van der Waals surface area (Å²) in [4.78, 5) is 23.6. The molecule has 0 radical (unpaired) electrons. The molecule has 0 aromatic heterocycles. The molecular formula is C16H15ClN2O3. The maximum Gasteiger partial charge on any atom is 0.233 e. The lowest BCUT2D eigenvalue weighted by Crippen LogP contribution is -2.21. The first kappa shape index (κ1) is 15.9. The van der Waals surface area contributed by atoms with Gasteiger partial charge in [-0.05, 0) is 30.3 Å². The van der Waals surface area contributed by atoms with Crippen LogP contribution >= 0.6 is 11.6 Å². The second-order valence-corrected chi connectivity index (χ2v) is 4.90. The van der Waals surface area contributed by atoms with Crippen molar-refractivity contribution >= 4 is 34.8 Å². The molecule has 2 rings (SSSR count). The zero-order valence-electron chi connectivity index (χ0n) is 11.9. The summed E-state index contributed by atoms with van der Waals surface area (Å²) in [5.74, 6) is -0.292. The molecule has 0 heterocycles. The van der Waals surface area contributed by atoms with Crippen LogP contribution in [0.1, 0.15) is 6.42 Å². The van der Waals surface area contributed by atoms with Crippen LogP contribution in [0.25, 0.3) is 0 Å². The fourth-order valence-electron chi connectivity index (χ4n) is 1.82. The number of hydrogen-bond acceptors (Lipinski definition) is 3. The number of amides is 2. The molecule has 0 fully saturated rings. The van der Waals surface area contributed by atoms with Gasteiger partial charge in [-0.2, -0.15) is 0 Å². The molecule has 0 aliphatic rings. The van der Waals surface area contributed by atoms with Crippen molar-refractivity contribution in [2.75, 3.05) is 17.7 Å². The van der Waals surface area contributed by atoms with E-state index >= 15 is 0 Å². The van der Waals surface area contributed by atoms with Gasteiger partial charge in [0.25, 0.3) is 0 Å². The van der Waals surface area contributed by atoms with E-state index in [-0.39, 0.29) is 12.3 Å². The number of halogens is 1. The van der Waals surface area contributed by atoms with Gasteiger partial charge in [-0.3, -0.25) is 9.59 Å². The number of carbonyl (C=O) groups excluding carboxylic acids is 2. The molecule has 0 saturated carbocycles. The number of nitrogens with one attached hydrogen (secondary N) is 2. The van der Waals surface area contributed by atoms with Crippen molar-refractivity contribution in [2.24, 2.45) is 0 Å². The minimum atomic E-state index is -0.422. The predicted molar refractivity (Wildman–Crippen MR) is 86.3 cm³/mol. The van der Waals surface area contributed by atoms with Gasteiger partial charge in [-0.25, -0.2) is 0 Å². The number of methoxy groups -OCH3 is 1. The van der Waals surface area contributed by atoms with E-state index < -0.39 is 5.91 Å². The Hall–Kier alpha value is -2.53. The van der Waals surface area contributed by atoms with Crippen molar-refractivity contribution in [3.05, 3.63) is 53.6 Å². The largest absolute Gasteiger partial charge is 0.495 e. The Labute approximate surface area is 133 Å². The van der Waals surface area contributed by atoms with Crippen LogP contribution in [0, 0.1) is 0 Å². The normalized spacial score (nSPS) is 9.91. The number of ether oxygens (including phenoxy) is 1. The molecule has 0 aliphatic heterocycles. The van der Waals surface area contributed by atoms with E-state index in [0.717, 1.165) is 0 Å². The molecule has 22 heavy (non-hydrogen) atoms. The third-order valence-electron chi connectivity index (χ3n) is 2.81. The van der Waals surface area contributed by atoms with E-state index in [0.29, 0.717) is 22.1 Å². The Morgan fingerprint density at radius 3 is 2.23 bits per heavy atom. The van der Waals surface area contributed by atoms with Gasteiger partial charge in [-0.15, -0.1) is 0 Å². The van der Waals surface area contributed by atoms with E-state index in [1.807, 2.05) is 6.07 Å². The standard InChI is InChI=1S/C16H15ClN2O3/c1-22-14-8-7-12(9-13(14)17)19-16(21)10-15(20)18-11-5-3-2-4-6-11/h2-9H,10H2,1H3,(H,18,20)(H,19,21). The Balaban J connectivity index is 1.90. The molecule has 0 saturated heterocycles. The van der Waals surface area contributed by atoms with Crippen LogP contribution in [-0.4, -0.2) is 18.9 Å². The van der Waals surface area contributed by atoms with Crippen molar-refractivity contribution in [1.82, 2.24) is 0 Å². The molecule has 0 spiro atoms. The zero-order chi connectivity index (χ0) is 15.9.